The van der Waals surface area contributed by atoms with Crippen LogP contribution in [0.2, 0.25) is 5.02 Å². The third-order valence-electron chi connectivity index (χ3n) is 4.35. The van der Waals surface area contributed by atoms with E-state index in [1.807, 2.05) is 54.7 Å². The predicted octanol–water partition coefficient (Wildman–Crippen LogP) is 6.30. The van der Waals surface area contributed by atoms with Crippen molar-refractivity contribution in [1.82, 2.24) is 0 Å². The molecule has 0 atom stereocenters. The first-order valence-corrected chi connectivity index (χ1v) is 9.09. The monoisotopic (exact) mass is 379 g/mol. The lowest BCUT2D eigenvalue weighted by Crippen LogP contribution is -1.98. The molecule has 0 saturated carbocycles. The van der Waals surface area contributed by atoms with E-state index in [1.54, 1.807) is 7.11 Å². The van der Waals surface area contributed by atoms with E-state index in [2.05, 4.69) is 31.0 Å². The van der Waals surface area contributed by atoms with Crippen LogP contribution in [0.5, 0.6) is 11.5 Å². The molecule has 3 rings (SSSR count). The first-order valence-electron chi connectivity index (χ1n) is 8.72. The molecule has 0 unspecified atom stereocenters. The Balaban J connectivity index is 1.72. The van der Waals surface area contributed by atoms with Gasteiger partial charge in [-0.15, -0.1) is 0 Å². The molecule has 4 heteroatoms. The number of rotatable bonds is 6. The molecule has 3 aromatic rings. The van der Waals surface area contributed by atoms with Crippen molar-refractivity contribution in [3.8, 4) is 11.5 Å². The van der Waals surface area contributed by atoms with Gasteiger partial charge >= 0.3 is 0 Å². The summed E-state index contributed by atoms with van der Waals surface area (Å²) in [6, 6.07) is 19.5. The summed E-state index contributed by atoms with van der Waals surface area (Å²) in [6.45, 7) is 4.63. The number of ether oxygens (including phenoxy) is 2. The number of hydrogen-bond donors (Lipinski definition) is 0. The molecular weight excluding hydrogens is 358 g/mol. The lowest BCUT2D eigenvalue weighted by atomic mass is 10.1. The summed E-state index contributed by atoms with van der Waals surface area (Å²) in [5.74, 6) is 1.36. The maximum atomic E-state index is 5.91. The van der Waals surface area contributed by atoms with Gasteiger partial charge in [0.25, 0.3) is 0 Å². The van der Waals surface area contributed by atoms with Gasteiger partial charge in [0, 0.05) is 11.2 Å². The highest BCUT2D eigenvalue weighted by Crippen LogP contribution is 2.29. The van der Waals surface area contributed by atoms with Gasteiger partial charge in [0.1, 0.15) is 6.61 Å². The molecule has 0 aromatic heterocycles. The van der Waals surface area contributed by atoms with Crippen LogP contribution in [-0.2, 0) is 6.61 Å². The highest BCUT2D eigenvalue weighted by molar-refractivity contribution is 6.30. The minimum Gasteiger partial charge on any atom is -0.493 e. The van der Waals surface area contributed by atoms with Gasteiger partial charge in [-0.1, -0.05) is 29.8 Å². The Bertz CT molecular complexity index is 949. The van der Waals surface area contributed by atoms with Gasteiger partial charge < -0.3 is 9.47 Å². The third kappa shape index (κ3) is 5.11. The van der Waals surface area contributed by atoms with E-state index in [0.717, 1.165) is 16.8 Å². The average molecular weight is 380 g/mol. The fourth-order valence-corrected chi connectivity index (χ4v) is 2.71. The Morgan fingerprint density at radius 1 is 0.889 bits per heavy atom. The minimum atomic E-state index is 0.448. The van der Waals surface area contributed by atoms with Crippen LogP contribution in [0.25, 0.3) is 0 Å². The van der Waals surface area contributed by atoms with Crippen molar-refractivity contribution in [3.63, 3.8) is 0 Å². The predicted molar refractivity (Wildman–Crippen MR) is 112 cm³/mol. The molecule has 3 aromatic carbocycles. The zero-order valence-corrected chi connectivity index (χ0v) is 16.5. The fourth-order valence-electron chi connectivity index (χ4n) is 2.58. The maximum absolute atomic E-state index is 5.91. The lowest BCUT2D eigenvalue weighted by molar-refractivity contribution is 0.284. The summed E-state index contributed by atoms with van der Waals surface area (Å²) in [6.07, 6.45) is 1.83. The Morgan fingerprint density at radius 2 is 1.67 bits per heavy atom. The molecule has 0 heterocycles. The van der Waals surface area contributed by atoms with Crippen LogP contribution in [0.3, 0.4) is 0 Å². The number of aliphatic imine (C=N–C) groups is 1. The summed E-state index contributed by atoms with van der Waals surface area (Å²) >= 11 is 5.91. The van der Waals surface area contributed by atoms with Crippen molar-refractivity contribution in [2.75, 3.05) is 7.11 Å². The van der Waals surface area contributed by atoms with Gasteiger partial charge in [-0.2, -0.15) is 0 Å². The zero-order chi connectivity index (χ0) is 19.2. The Hall–Kier alpha value is -2.78. The molecular formula is C23H22ClNO2. The van der Waals surface area contributed by atoms with Crippen LogP contribution in [-0.4, -0.2) is 13.3 Å². The second kappa shape index (κ2) is 8.74. The Labute approximate surface area is 165 Å². The van der Waals surface area contributed by atoms with E-state index < -0.39 is 0 Å². The number of hydrogen-bond acceptors (Lipinski definition) is 3. The van der Waals surface area contributed by atoms with Crippen LogP contribution in [0, 0.1) is 13.8 Å². The largest absolute Gasteiger partial charge is 0.493 e. The van der Waals surface area contributed by atoms with E-state index in [4.69, 9.17) is 21.1 Å². The SMILES string of the molecule is COc1cc(C=Nc2ccc(C)c(C)c2)ccc1OCc1ccc(Cl)cc1. The zero-order valence-electron chi connectivity index (χ0n) is 15.7. The Kier molecular flexibility index (Phi) is 6.15. The Morgan fingerprint density at radius 3 is 2.37 bits per heavy atom. The molecule has 0 N–H and O–H groups in total. The van der Waals surface area contributed by atoms with Crippen molar-refractivity contribution >= 4 is 23.5 Å². The van der Waals surface area contributed by atoms with E-state index >= 15 is 0 Å². The minimum absolute atomic E-state index is 0.448. The first kappa shape index (κ1) is 19.0. The number of benzene rings is 3. The number of nitrogens with zero attached hydrogens (tertiary/aromatic N) is 1. The molecule has 0 saturated heterocycles. The lowest BCUT2D eigenvalue weighted by Gasteiger charge is -2.11. The van der Waals surface area contributed by atoms with Crippen molar-refractivity contribution in [3.05, 3.63) is 87.9 Å². The second-order valence-corrected chi connectivity index (χ2v) is 6.79. The summed E-state index contributed by atoms with van der Waals surface area (Å²) in [4.78, 5) is 4.55. The number of aryl methyl sites for hydroxylation is 2. The molecule has 0 aliphatic carbocycles. The molecule has 0 spiro atoms. The molecule has 138 valence electrons. The topological polar surface area (TPSA) is 30.8 Å². The van der Waals surface area contributed by atoms with Crippen molar-refractivity contribution < 1.29 is 9.47 Å². The normalized spacial score (nSPS) is 11.0. The molecule has 0 amide bonds. The van der Waals surface area contributed by atoms with Crippen molar-refractivity contribution in [1.29, 1.82) is 0 Å². The van der Waals surface area contributed by atoms with E-state index in [1.165, 1.54) is 11.1 Å². The molecule has 0 radical (unpaired) electrons. The highest BCUT2D eigenvalue weighted by atomic mass is 35.5. The van der Waals surface area contributed by atoms with Gasteiger partial charge in [-0.25, -0.2) is 0 Å². The summed E-state index contributed by atoms with van der Waals surface area (Å²) in [5.41, 5.74) is 5.41. The van der Waals surface area contributed by atoms with Crippen LogP contribution in [0.4, 0.5) is 5.69 Å². The van der Waals surface area contributed by atoms with E-state index in [9.17, 15) is 0 Å². The van der Waals surface area contributed by atoms with Crippen LogP contribution in [0.15, 0.2) is 65.7 Å². The van der Waals surface area contributed by atoms with Crippen LogP contribution in [0.1, 0.15) is 22.3 Å². The van der Waals surface area contributed by atoms with E-state index in [-0.39, 0.29) is 0 Å². The average Bonchev–Trinajstić information content (AvgIpc) is 2.68. The molecule has 0 aliphatic rings. The van der Waals surface area contributed by atoms with Crippen LogP contribution < -0.4 is 9.47 Å². The van der Waals surface area contributed by atoms with Crippen molar-refractivity contribution in [2.45, 2.75) is 20.5 Å². The van der Waals surface area contributed by atoms with Crippen molar-refractivity contribution in [2.24, 2.45) is 4.99 Å². The smallest absolute Gasteiger partial charge is 0.161 e. The summed E-state index contributed by atoms with van der Waals surface area (Å²) in [7, 11) is 1.63. The number of halogens is 1. The molecule has 27 heavy (non-hydrogen) atoms. The van der Waals surface area contributed by atoms with Crippen LogP contribution >= 0.6 is 11.6 Å². The summed E-state index contributed by atoms with van der Waals surface area (Å²) in [5, 5.41) is 0.712. The first-order chi connectivity index (χ1) is 13.0. The van der Waals surface area contributed by atoms with Gasteiger partial charge in [0.15, 0.2) is 11.5 Å². The maximum Gasteiger partial charge on any atom is 0.161 e. The molecule has 0 bridgehead atoms. The van der Waals surface area contributed by atoms with E-state index in [0.29, 0.717) is 23.1 Å². The van der Waals surface area contributed by atoms with Gasteiger partial charge in [0.05, 0.1) is 12.8 Å². The van der Waals surface area contributed by atoms with Gasteiger partial charge in [-0.05, 0) is 78.6 Å². The molecule has 3 nitrogen and oxygen atoms in total. The fraction of sp³-hybridized carbons (Fsp3) is 0.174. The van der Waals surface area contributed by atoms with Gasteiger partial charge in [-0.3, -0.25) is 4.99 Å². The molecule has 0 fully saturated rings. The summed E-state index contributed by atoms with van der Waals surface area (Å²) < 4.78 is 11.4. The highest BCUT2D eigenvalue weighted by Gasteiger charge is 2.06. The number of methoxy groups -OCH3 is 1. The second-order valence-electron chi connectivity index (χ2n) is 6.35. The quantitative estimate of drug-likeness (QED) is 0.471. The molecule has 0 aliphatic heterocycles. The third-order valence-corrected chi connectivity index (χ3v) is 4.60. The standard InChI is InChI=1S/C23H22ClNO2/c1-16-4-10-21(12-17(16)2)25-14-19-7-11-22(23(13-19)26-3)27-15-18-5-8-20(24)9-6-18/h4-14H,15H2,1-3H3. The van der Waals surface area contributed by atoms with Gasteiger partial charge in [0.2, 0.25) is 0 Å².